The van der Waals surface area contributed by atoms with E-state index in [1.54, 1.807) is 0 Å². The number of hydrogen-bond donors (Lipinski definition) is 2. The molecule has 0 aromatic rings. The highest BCUT2D eigenvalue weighted by Crippen LogP contribution is 2.34. The molecule has 1 aliphatic carbocycles. The van der Waals surface area contributed by atoms with Crippen LogP contribution in [0.5, 0.6) is 0 Å². The largest absolute Gasteiger partial charge is 0.469 e. The minimum atomic E-state index is -0.727. The van der Waals surface area contributed by atoms with Crippen LogP contribution in [0.25, 0.3) is 0 Å². The second kappa shape index (κ2) is 12.3. The molecule has 2 N–H and O–H groups in total. The van der Waals surface area contributed by atoms with E-state index in [1.807, 2.05) is 19.1 Å². The van der Waals surface area contributed by atoms with E-state index in [4.69, 9.17) is 0 Å². The normalized spacial score (nSPS) is 25.1. The molecule has 0 aliphatic heterocycles. The minimum absolute atomic E-state index is 0.127. The Hall–Kier alpha value is -1.20. The smallest absolute Gasteiger partial charge is 0.305 e. The summed E-state index contributed by atoms with van der Waals surface area (Å²) in [6.45, 7) is 3.95. The molecule has 0 saturated heterocycles. The van der Waals surface area contributed by atoms with Gasteiger partial charge in [-0.15, -0.1) is 0 Å². The number of rotatable bonds is 13. The van der Waals surface area contributed by atoms with Crippen molar-refractivity contribution in [1.82, 2.24) is 0 Å². The van der Waals surface area contributed by atoms with Crippen molar-refractivity contribution < 1.29 is 24.5 Å². The van der Waals surface area contributed by atoms with Gasteiger partial charge < -0.3 is 14.9 Å². The van der Waals surface area contributed by atoms with Crippen molar-refractivity contribution in [3.8, 4) is 0 Å². The van der Waals surface area contributed by atoms with E-state index >= 15 is 0 Å². The van der Waals surface area contributed by atoms with E-state index in [1.165, 1.54) is 7.11 Å². The van der Waals surface area contributed by atoms with Crippen LogP contribution in [0, 0.1) is 11.8 Å². The fourth-order valence-electron chi connectivity index (χ4n) is 3.82. The van der Waals surface area contributed by atoms with E-state index in [2.05, 4.69) is 11.7 Å². The number of methoxy groups -OCH3 is 1. The minimum Gasteiger partial charge on any atom is -0.469 e. The summed E-state index contributed by atoms with van der Waals surface area (Å²) in [7, 11) is 1.40. The van der Waals surface area contributed by atoms with Crippen LogP contribution < -0.4 is 0 Å². The third-order valence-corrected chi connectivity index (χ3v) is 5.59. The molecule has 0 radical (unpaired) electrons. The van der Waals surface area contributed by atoms with Gasteiger partial charge in [0, 0.05) is 24.7 Å². The predicted molar refractivity (Wildman–Crippen MR) is 106 cm³/mol. The molecule has 0 bridgehead atoms. The van der Waals surface area contributed by atoms with Gasteiger partial charge in [-0.3, -0.25) is 9.59 Å². The first kappa shape index (κ1) is 23.8. The second-order valence-corrected chi connectivity index (χ2v) is 8.18. The first-order valence-corrected chi connectivity index (χ1v) is 10.5. The van der Waals surface area contributed by atoms with Crippen molar-refractivity contribution in [2.45, 2.75) is 96.2 Å². The van der Waals surface area contributed by atoms with Gasteiger partial charge >= 0.3 is 5.97 Å². The molecule has 1 saturated carbocycles. The maximum absolute atomic E-state index is 12.2. The van der Waals surface area contributed by atoms with Gasteiger partial charge in [0.15, 0.2) is 0 Å². The van der Waals surface area contributed by atoms with Crippen molar-refractivity contribution in [1.29, 1.82) is 0 Å². The van der Waals surface area contributed by atoms with Gasteiger partial charge in [-0.25, -0.2) is 0 Å². The number of aliphatic hydroxyl groups is 2. The molecule has 156 valence electrons. The third-order valence-electron chi connectivity index (χ3n) is 5.59. The Morgan fingerprint density at radius 1 is 1.26 bits per heavy atom. The molecule has 5 heteroatoms. The SMILES string of the molecule is CCCC[C@](C)(O)C/C=C/[C@H]1[C@@H](O)CC(=O)[C@@H]1CCCCCCC(=O)OC. The third kappa shape index (κ3) is 9.02. The van der Waals surface area contributed by atoms with Gasteiger partial charge in [0.25, 0.3) is 0 Å². The van der Waals surface area contributed by atoms with E-state index < -0.39 is 11.7 Å². The molecule has 0 spiro atoms. The van der Waals surface area contributed by atoms with Gasteiger partial charge in [-0.05, 0) is 32.6 Å². The van der Waals surface area contributed by atoms with E-state index in [0.717, 1.165) is 51.4 Å². The fourth-order valence-corrected chi connectivity index (χ4v) is 3.82. The van der Waals surface area contributed by atoms with E-state index in [-0.39, 0.29) is 30.0 Å². The van der Waals surface area contributed by atoms with Crippen LogP contribution in [0.15, 0.2) is 12.2 Å². The molecule has 0 unspecified atom stereocenters. The van der Waals surface area contributed by atoms with Crippen molar-refractivity contribution in [3.63, 3.8) is 0 Å². The Labute approximate surface area is 164 Å². The zero-order chi connectivity index (χ0) is 20.3. The Morgan fingerprint density at radius 2 is 1.96 bits per heavy atom. The lowest BCUT2D eigenvalue weighted by Gasteiger charge is -2.22. The monoisotopic (exact) mass is 382 g/mol. The summed E-state index contributed by atoms with van der Waals surface area (Å²) in [6, 6.07) is 0. The number of aliphatic hydroxyl groups excluding tert-OH is 1. The van der Waals surface area contributed by atoms with Crippen LogP contribution in [-0.2, 0) is 14.3 Å². The zero-order valence-corrected chi connectivity index (χ0v) is 17.3. The van der Waals surface area contributed by atoms with Crippen LogP contribution in [0.2, 0.25) is 0 Å². The highest BCUT2D eigenvalue weighted by Gasteiger charge is 2.39. The Bertz CT molecular complexity index is 483. The number of esters is 1. The van der Waals surface area contributed by atoms with Crippen LogP contribution >= 0.6 is 0 Å². The van der Waals surface area contributed by atoms with Crippen LogP contribution in [0.3, 0.4) is 0 Å². The summed E-state index contributed by atoms with van der Waals surface area (Å²) in [5.74, 6) is -0.305. The van der Waals surface area contributed by atoms with Crippen molar-refractivity contribution in [2.24, 2.45) is 11.8 Å². The topological polar surface area (TPSA) is 83.8 Å². The van der Waals surface area contributed by atoms with Crippen LogP contribution in [-0.4, -0.2) is 40.8 Å². The van der Waals surface area contributed by atoms with E-state index in [0.29, 0.717) is 12.8 Å². The molecule has 0 amide bonds. The lowest BCUT2D eigenvalue weighted by Crippen LogP contribution is -2.23. The van der Waals surface area contributed by atoms with Gasteiger partial charge in [-0.1, -0.05) is 51.2 Å². The fraction of sp³-hybridized carbons (Fsp3) is 0.818. The Balaban J connectivity index is 2.42. The molecule has 1 fully saturated rings. The Morgan fingerprint density at radius 3 is 2.63 bits per heavy atom. The average Bonchev–Trinajstić information content (AvgIpc) is 2.89. The molecule has 27 heavy (non-hydrogen) atoms. The van der Waals surface area contributed by atoms with Gasteiger partial charge in [0.1, 0.15) is 5.78 Å². The van der Waals surface area contributed by atoms with Gasteiger partial charge in [0.2, 0.25) is 0 Å². The highest BCUT2D eigenvalue weighted by molar-refractivity contribution is 5.84. The predicted octanol–water partition coefficient (Wildman–Crippen LogP) is 3.95. The second-order valence-electron chi connectivity index (χ2n) is 8.18. The number of ether oxygens (including phenoxy) is 1. The number of carbonyl (C=O) groups is 2. The van der Waals surface area contributed by atoms with Crippen LogP contribution in [0.1, 0.15) is 84.5 Å². The van der Waals surface area contributed by atoms with Crippen molar-refractivity contribution in [2.75, 3.05) is 7.11 Å². The maximum atomic E-state index is 12.2. The standard InChI is InChI=1S/C22H38O5/c1-4-5-14-22(2,26)15-10-12-18-17(19(23)16-20(18)24)11-8-6-7-9-13-21(25)27-3/h10,12,17-18,20,24,26H,4-9,11,13-16H2,1-3H3/b12-10+/t17-,18-,20+,22+/m1/s1. The maximum Gasteiger partial charge on any atom is 0.305 e. The summed E-state index contributed by atoms with van der Waals surface area (Å²) in [5, 5.41) is 20.6. The first-order chi connectivity index (χ1) is 12.8. The molecular formula is C22H38O5. The van der Waals surface area contributed by atoms with Gasteiger partial charge in [0.05, 0.1) is 18.8 Å². The molecule has 4 atom stereocenters. The zero-order valence-electron chi connectivity index (χ0n) is 17.3. The highest BCUT2D eigenvalue weighted by atomic mass is 16.5. The molecule has 0 aromatic carbocycles. The summed E-state index contributed by atoms with van der Waals surface area (Å²) in [5.41, 5.74) is -0.727. The molecule has 1 aliphatic rings. The summed E-state index contributed by atoms with van der Waals surface area (Å²) in [4.78, 5) is 23.3. The number of hydrogen-bond acceptors (Lipinski definition) is 5. The average molecular weight is 383 g/mol. The quantitative estimate of drug-likeness (QED) is 0.286. The molecule has 5 nitrogen and oxygen atoms in total. The molecule has 1 rings (SSSR count). The van der Waals surface area contributed by atoms with Crippen molar-refractivity contribution in [3.05, 3.63) is 12.2 Å². The lowest BCUT2D eigenvalue weighted by atomic mass is 9.87. The van der Waals surface area contributed by atoms with Crippen molar-refractivity contribution >= 4 is 11.8 Å². The Kier molecular flexibility index (Phi) is 10.9. The lowest BCUT2D eigenvalue weighted by molar-refractivity contribution is -0.140. The number of carbonyl (C=O) groups excluding carboxylic acids is 2. The molecule has 0 aromatic heterocycles. The van der Waals surface area contributed by atoms with Crippen LogP contribution in [0.4, 0.5) is 0 Å². The summed E-state index contributed by atoms with van der Waals surface area (Å²) in [6.07, 6.45) is 11.7. The summed E-state index contributed by atoms with van der Waals surface area (Å²) < 4.78 is 4.62. The first-order valence-electron chi connectivity index (χ1n) is 10.5. The summed E-state index contributed by atoms with van der Waals surface area (Å²) >= 11 is 0. The number of unbranched alkanes of at least 4 members (excludes halogenated alkanes) is 4. The number of ketones is 1. The number of Topliss-reactive ketones (excluding diaryl/α,β-unsaturated/α-hetero) is 1. The van der Waals surface area contributed by atoms with Gasteiger partial charge in [-0.2, -0.15) is 0 Å². The van der Waals surface area contributed by atoms with E-state index in [9.17, 15) is 19.8 Å². The molecular weight excluding hydrogens is 344 g/mol. The molecule has 0 heterocycles.